The largest absolute Gasteiger partial charge is 0.493 e. The summed E-state index contributed by atoms with van der Waals surface area (Å²) in [5, 5.41) is 8.66. The molecule has 0 radical (unpaired) electrons. The van der Waals surface area contributed by atoms with E-state index in [1.54, 1.807) is 40.6 Å². The Morgan fingerprint density at radius 3 is 2.52 bits per heavy atom. The molecule has 2 heterocycles. The Morgan fingerprint density at radius 2 is 1.83 bits per heavy atom. The Balaban J connectivity index is 1.67. The lowest BCUT2D eigenvalue weighted by Crippen LogP contribution is -2.34. The number of methoxy groups -OCH3 is 1. The number of hydrogen-bond donors (Lipinski definition) is 1. The molecule has 0 spiro atoms. The number of amides is 1. The minimum Gasteiger partial charge on any atom is -0.493 e. The zero-order chi connectivity index (χ0) is 30.1. The van der Waals surface area contributed by atoms with Gasteiger partial charge < -0.3 is 24.4 Å². The number of allylic oxidation sites excluding steroid dienone is 1. The van der Waals surface area contributed by atoms with Crippen LogP contribution >= 0.6 is 11.8 Å². The highest BCUT2D eigenvalue weighted by Gasteiger charge is 2.36. The molecule has 1 aliphatic rings. The molecule has 1 aromatic heterocycles. The van der Waals surface area contributed by atoms with Crippen LogP contribution in [0.5, 0.6) is 11.5 Å². The highest BCUT2D eigenvalue weighted by Crippen LogP contribution is 2.40. The summed E-state index contributed by atoms with van der Waals surface area (Å²) in [4.78, 5) is 32.6. The van der Waals surface area contributed by atoms with Crippen LogP contribution in [0.2, 0.25) is 0 Å². The van der Waals surface area contributed by atoms with Gasteiger partial charge >= 0.3 is 5.97 Å². The lowest BCUT2D eigenvalue weighted by atomic mass is 9.95. The third kappa shape index (κ3) is 7.25. The zero-order valence-electron chi connectivity index (χ0n) is 24.9. The van der Waals surface area contributed by atoms with E-state index in [9.17, 15) is 9.59 Å². The van der Waals surface area contributed by atoms with Gasteiger partial charge in [0, 0.05) is 24.5 Å². The molecule has 0 saturated carbocycles. The van der Waals surface area contributed by atoms with Crippen molar-refractivity contribution in [3.63, 3.8) is 0 Å². The second-order valence-corrected chi connectivity index (χ2v) is 10.8. The van der Waals surface area contributed by atoms with Crippen molar-refractivity contribution in [1.82, 2.24) is 19.7 Å². The van der Waals surface area contributed by atoms with E-state index in [-0.39, 0.29) is 19.1 Å². The Kier molecular flexibility index (Phi) is 10.9. The summed E-state index contributed by atoms with van der Waals surface area (Å²) in [5.41, 5.74) is 2.67. The molecular weight excluding hydrogens is 554 g/mol. The Hall–Kier alpha value is -3.99. The van der Waals surface area contributed by atoms with Gasteiger partial charge in [0.2, 0.25) is 11.1 Å². The van der Waals surface area contributed by atoms with Gasteiger partial charge in [-0.05, 0) is 50.5 Å². The molecule has 224 valence electrons. The van der Waals surface area contributed by atoms with Crippen molar-refractivity contribution in [3.05, 3.63) is 70.9 Å². The Bertz CT molecular complexity index is 1400. The van der Waals surface area contributed by atoms with Gasteiger partial charge in [0.15, 0.2) is 18.1 Å². The zero-order valence-corrected chi connectivity index (χ0v) is 25.7. The summed E-state index contributed by atoms with van der Waals surface area (Å²) in [6.07, 6.45) is 2.13. The van der Waals surface area contributed by atoms with E-state index in [1.165, 1.54) is 0 Å². The molecule has 0 fully saturated rings. The predicted octanol–water partition coefficient (Wildman–Crippen LogP) is 5.46. The molecule has 1 atom stereocenters. The van der Waals surface area contributed by atoms with Crippen molar-refractivity contribution in [1.29, 1.82) is 0 Å². The van der Waals surface area contributed by atoms with E-state index in [2.05, 4.69) is 12.2 Å². The predicted molar refractivity (Wildman–Crippen MR) is 163 cm³/mol. The number of nitrogens with zero attached hydrogens (tertiary/aromatic N) is 4. The molecule has 11 heteroatoms. The summed E-state index contributed by atoms with van der Waals surface area (Å²) in [6, 6.07) is 14.3. The topological polar surface area (TPSA) is 108 Å². The first kappa shape index (κ1) is 31.0. The average Bonchev–Trinajstić information content (AvgIpc) is 3.41. The summed E-state index contributed by atoms with van der Waals surface area (Å²) < 4.78 is 19.0. The standard InChI is InChI=1S/C31H39N5O5S/c1-6-9-17-42-31-33-30-32-21(4)27(29(38)41-19-22-13-11-10-12-14-22)28(36(30)34-31)23-15-16-24(25(18-23)39-5)40-20-26(37)35(7-2)8-3/h10-16,18,28H,6-9,17,19-20H2,1-5H3,(H,32,33,34). The van der Waals surface area contributed by atoms with Gasteiger partial charge in [0.05, 0.1) is 12.7 Å². The molecule has 0 aliphatic carbocycles. The fraction of sp³-hybridized carbons (Fsp3) is 0.419. The fourth-order valence-electron chi connectivity index (χ4n) is 4.65. The Morgan fingerprint density at radius 1 is 1.07 bits per heavy atom. The molecule has 42 heavy (non-hydrogen) atoms. The number of aromatic nitrogens is 3. The van der Waals surface area contributed by atoms with E-state index in [1.807, 2.05) is 57.2 Å². The number of benzene rings is 2. The number of carbonyl (C=O) groups excluding carboxylic acids is 2. The molecule has 3 aromatic rings. The first-order valence-corrected chi connectivity index (χ1v) is 15.2. The third-order valence-corrected chi connectivity index (χ3v) is 7.89. The van der Waals surface area contributed by atoms with Gasteiger partial charge in [-0.3, -0.25) is 4.79 Å². The summed E-state index contributed by atoms with van der Waals surface area (Å²) >= 11 is 1.58. The first-order chi connectivity index (χ1) is 20.4. The monoisotopic (exact) mass is 593 g/mol. The molecule has 1 amide bonds. The molecule has 1 unspecified atom stereocenters. The molecule has 4 rings (SSSR count). The number of esters is 1. The van der Waals surface area contributed by atoms with Crippen LogP contribution in [0.3, 0.4) is 0 Å². The van der Waals surface area contributed by atoms with Crippen LogP contribution in [-0.2, 0) is 20.9 Å². The van der Waals surface area contributed by atoms with Crippen molar-refractivity contribution in [3.8, 4) is 11.5 Å². The minimum atomic E-state index is -0.627. The number of unbranched alkanes of at least 4 members (excludes halogenated alkanes) is 1. The molecular formula is C31H39N5O5S. The van der Waals surface area contributed by atoms with Crippen molar-refractivity contribution in [2.75, 3.05) is 37.9 Å². The van der Waals surface area contributed by atoms with Crippen LogP contribution in [0.1, 0.15) is 57.7 Å². The van der Waals surface area contributed by atoms with Crippen LogP contribution in [0, 0.1) is 0 Å². The lowest BCUT2D eigenvalue weighted by Gasteiger charge is -2.28. The number of thioether (sulfide) groups is 1. The van der Waals surface area contributed by atoms with Gasteiger partial charge in [-0.25, -0.2) is 9.48 Å². The summed E-state index contributed by atoms with van der Waals surface area (Å²) in [5.74, 6) is 1.74. The first-order valence-electron chi connectivity index (χ1n) is 14.3. The van der Waals surface area contributed by atoms with Crippen molar-refractivity contribution >= 4 is 29.6 Å². The SMILES string of the molecule is CCCCSc1nc2n(n1)C(c1ccc(OCC(=O)N(CC)CC)c(OC)c1)C(C(=O)OCc1ccccc1)=C(C)N2. The maximum Gasteiger partial charge on any atom is 0.338 e. The average molecular weight is 594 g/mol. The highest BCUT2D eigenvalue weighted by molar-refractivity contribution is 7.99. The Labute approximate surface area is 251 Å². The number of anilines is 1. The second-order valence-electron chi connectivity index (χ2n) is 9.76. The molecule has 1 aliphatic heterocycles. The maximum absolute atomic E-state index is 13.6. The van der Waals surface area contributed by atoms with E-state index < -0.39 is 12.0 Å². The van der Waals surface area contributed by atoms with Crippen molar-refractivity contribution in [2.24, 2.45) is 0 Å². The van der Waals surface area contributed by atoms with E-state index in [0.717, 1.165) is 29.7 Å². The van der Waals surface area contributed by atoms with E-state index in [0.29, 0.717) is 47.0 Å². The molecule has 0 saturated heterocycles. The fourth-order valence-corrected chi connectivity index (χ4v) is 5.57. The van der Waals surface area contributed by atoms with Crippen LogP contribution < -0.4 is 14.8 Å². The molecule has 10 nitrogen and oxygen atoms in total. The van der Waals surface area contributed by atoms with Crippen LogP contribution in [0.15, 0.2) is 65.0 Å². The van der Waals surface area contributed by atoms with Gasteiger partial charge in [-0.15, -0.1) is 5.10 Å². The minimum absolute atomic E-state index is 0.105. The number of likely N-dealkylation sites (N-methyl/N-ethyl adjacent to an activating group) is 1. The number of nitrogens with one attached hydrogen (secondary N) is 1. The number of hydrogen-bond acceptors (Lipinski definition) is 9. The number of rotatable bonds is 14. The normalized spacial score (nSPS) is 14.2. The van der Waals surface area contributed by atoms with E-state index >= 15 is 0 Å². The van der Waals surface area contributed by atoms with Gasteiger partial charge in [-0.1, -0.05) is 61.5 Å². The van der Waals surface area contributed by atoms with Crippen LogP contribution in [0.4, 0.5) is 5.95 Å². The number of fused-ring (bicyclic) bond motifs is 1. The quantitative estimate of drug-likeness (QED) is 0.148. The van der Waals surface area contributed by atoms with Crippen molar-refractivity contribution in [2.45, 2.75) is 58.3 Å². The highest BCUT2D eigenvalue weighted by atomic mass is 32.2. The van der Waals surface area contributed by atoms with Gasteiger partial charge in [0.25, 0.3) is 5.91 Å². The van der Waals surface area contributed by atoms with Gasteiger partial charge in [0.1, 0.15) is 12.6 Å². The third-order valence-electron chi connectivity index (χ3n) is 6.97. The molecule has 0 bridgehead atoms. The summed E-state index contributed by atoms with van der Waals surface area (Å²) in [6.45, 7) is 9.09. The van der Waals surface area contributed by atoms with E-state index in [4.69, 9.17) is 24.3 Å². The van der Waals surface area contributed by atoms with Crippen LogP contribution in [0.25, 0.3) is 0 Å². The molecule has 2 aromatic carbocycles. The number of carbonyl (C=O) groups is 2. The number of ether oxygens (including phenoxy) is 3. The van der Waals surface area contributed by atoms with Crippen molar-refractivity contribution < 1.29 is 23.8 Å². The lowest BCUT2D eigenvalue weighted by molar-refractivity contribution is -0.141. The molecule has 1 N–H and O–H groups in total. The maximum atomic E-state index is 13.6. The van der Waals surface area contributed by atoms with Crippen LogP contribution in [-0.4, -0.2) is 64.1 Å². The smallest absolute Gasteiger partial charge is 0.338 e. The summed E-state index contributed by atoms with van der Waals surface area (Å²) in [7, 11) is 1.54. The second kappa shape index (κ2) is 14.8. The van der Waals surface area contributed by atoms with Gasteiger partial charge in [-0.2, -0.15) is 4.98 Å².